The fourth-order valence-electron chi connectivity index (χ4n) is 4.66. The molecule has 5 rings (SSSR count). The number of sulfonamides is 1. The van der Waals surface area contributed by atoms with Crippen LogP contribution in [-0.4, -0.2) is 19.5 Å². The summed E-state index contributed by atoms with van der Waals surface area (Å²) in [5, 5.41) is 12.7. The summed E-state index contributed by atoms with van der Waals surface area (Å²) in [4.78, 5) is 11.2. The van der Waals surface area contributed by atoms with Crippen LogP contribution in [0.1, 0.15) is 39.9 Å². The van der Waals surface area contributed by atoms with Crippen molar-refractivity contribution in [2.75, 3.05) is 10.0 Å². The first-order chi connectivity index (χ1) is 15.8. The molecule has 0 saturated carbocycles. The number of aromatic carboxylic acids is 1. The van der Waals surface area contributed by atoms with E-state index >= 15 is 0 Å². The summed E-state index contributed by atoms with van der Waals surface area (Å²) in [6.07, 6.45) is 5.25. The van der Waals surface area contributed by atoms with Crippen LogP contribution in [0.2, 0.25) is 0 Å². The van der Waals surface area contributed by atoms with Crippen LogP contribution in [0.15, 0.2) is 88.3 Å². The van der Waals surface area contributed by atoms with Crippen molar-refractivity contribution in [1.82, 2.24) is 0 Å². The van der Waals surface area contributed by atoms with Crippen molar-refractivity contribution in [1.29, 1.82) is 0 Å². The highest BCUT2D eigenvalue weighted by Crippen LogP contribution is 2.50. The molecule has 0 amide bonds. The molecule has 0 bridgehead atoms. The molecule has 3 atom stereocenters. The molecule has 0 fully saturated rings. The van der Waals surface area contributed by atoms with Gasteiger partial charge in [0.2, 0.25) is 0 Å². The minimum absolute atomic E-state index is 0.0943. The third kappa shape index (κ3) is 4.16. The highest BCUT2D eigenvalue weighted by atomic mass is 79.9. The zero-order chi connectivity index (χ0) is 23.2. The van der Waals surface area contributed by atoms with Crippen molar-refractivity contribution in [3.05, 3.63) is 100 Å². The van der Waals surface area contributed by atoms with Gasteiger partial charge in [0.15, 0.2) is 0 Å². The molecule has 8 heteroatoms. The van der Waals surface area contributed by atoms with Gasteiger partial charge >= 0.3 is 5.97 Å². The average molecular weight is 525 g/mol. The molecule has 3 N–H and O–H groups in total. The van der Waals surface area contributed by atoms with Crippen LogP contribution in [0.3, 0.4) is 0 Å². The Morgan fingerprint density at radius 1 is 1.06 bits per heavy atom. The molecule has 168 valence electrons. The van der Waals surface area contributed by atoms with E-state index in [1.54, 1.807) is 12.1 Å². The van der Waals surface area contributed by atoms with E-state index in [9.17, 15) is 13.2 Å². The minimum atomic E-state index is -3.84. The maximum atomic E-state index is 13.1. The Morgan fingerprint density at radius 2 is 1.85 bits per heavy atom. The number of anilines is 2. The van der Waals surface area contributed by atoms with Crippen molar-refractivity contribution in [3.63, 3.8) is 0 Å². The van der Waals surface area contributed by atoms with E-state index in [2.05, 4.69) is 50.3 Å². The van der Waals surface area contributed by atoms with E-state index in [1.807, 2.05) is 18.2 Å². The summed E-state index contributed by atoms with van der Waals surface area (Å²) >= 11 is 3.56. The number of hydrogen-bond donors (Lipinski definition) is 3. The number of rotatable bonds is 5. The van der Waals surface area contributed by atoms with Gasteiger partial charge in [-0.05, 0) is 78.1 Å². The average Bonchev–Trinajstić information content (AvgIpc) is 3.28. The van der Waals surface area contributed by atoms with Gasteiger partial charge in [-0.15, -0.1) is 0 Å². The molecule has 1 heterocycles. The van der Waals surface area contributed by atoms with E-state index in [4.69, 9.17) is 5.11 Å². The van der Waals surface area contributed by atoms with Crippen molar-refractivity contribution in [3.8, 4) is 0 Å². The van der Waals surface area contributed by atoms with Gasteiger partial charge in [-0.1, -0.05) is 40.2 Å². The zero-order valence-electron chi connectivity index (χ0n) is 17.4. The topological polar surface area (TPSA) is 95.5 Å². The van der Waals surface area contributed by atoms with Gasteiger partial charge < -0.3 is 10.4 Å². The summed E-state index contributed by atoms with van der Waals surface area (Å²) < 4.78 is 29.7. The van der Waals surface area contributed by atoms with Crippen molar-refractivity contribution in [2.24, 2.45) is 5.92 Å². The van der Waals surface area contributed by atoms with Crippen LogP contribution in [-0.2, 0) is 10.0 Å². The Hall–Kier alpha value is -3.10. The van der Waals surface area contributed by atoms with E-state index in [-0.39, 0.29) is 22.4 Å². The van der Waals surface area contributed by atoms with Crippen molar-refractivity contribution < 1.29 is 18.3 Å². The Labute approximate surface area is 200 Å². The minimum Gasteiger partial charge on any atom is -0.478 e. The second-order valence-corrected chi connectivity index (χ2v) is 10.9. The Morgan fingerprint density at radius 3 is 2.58 bits per heavy atom. The third-order valence-corrected chi connectivity index (χ3v) is 8.11. The molecule has 1 aliphatic heterocycles. The van der Waals surface area contributed by atoms with Gasteiger partial charge in [0.05, 0.1) is 16.5 Å². The largest absolute Gasteiger partial charge is 0.478 e. The van der Waals surface area contributed by atoms with Gasteiger partial charge in [-0.3, -0.25) is 4.72 Å². The number of hydrogen-bond acceptors (Lipinski definition) is 4. The Kier molecular flexibility index (Phi) is 5.50. The number of carboxylic acids is 1. The number of carboxylic acid groups (broad SMARTS) is 1. The van der Waals surface area contributed by atoms with Gasteiger partial charge in [-0.2, -0.15) is 0 Å². The number of halogens is 1. The molecule has 0 saturated heterocycles. The molecule has 2 aliphatic rings. The number of nitrogens with one attached hydrogen (secondary N) is 2. The zero-order valence-corrected chi connectivity index (χ0v) is 19.8. The highest BCUT2D eigenvalue weighted by molar-refractivity contribution is 9.10. The number of fused-ring (bicyclic) bond motifs is 3. The van der Waals surface area contributed by atoms with Gasteiger partial charge in [-0.25, -0.2) is 13.2 Å². The molecule has 3 aromatic carbocycles. The van der Waals surface area contributed by atoms with Crippen LogP contribution in [0, 0.1) is 5.92 Å². The lowest BCUT2D eigenvalue weighted by molar-refractivity contribution is 0.0697. The van der Waals surface area contributed by atoms with Crippen molar-refractivity contribution in [2.45, 2.75) is 23.3 Å². The molecule has 0 radical (unpaired) electrons. The lowest BCUT2D eigenvalue weighted by atomic mass is 9.77. The predicted molar refractivity (Wildman–Crippen MR) is 131 cm³/mol. The quantitative estimate of drug-likeness (QED) is 0.368. The Bertz CT molecular complexity index is 1370. The van der Waals surface area contributed by atoms with E-state index in [0.29, 0.717) is 11.6 Å². The van der Waals surface area contributed by atoms with Gasteiger partial charge in [0.1, 0.15) is 0 Å². The smallest absolute Gasteiger partial charge is 0.335 e. The maximum Gasteiger partial charge on any atom is 0.335 e. The van der Waals surface area contributed by atoms with Crippen LogP contribution in [0.25, 0.3) is 0 Å². The normalized spacial score (nSPS) is 21.1. The summed E-state index contributed by atoms with van der Waals surface area (Å²) in [6, 6.07) is 19.2. The van der Waals surface area contributed by atoms with E-state index in [0.717, 1.165) is 22.1 Å². The second-order valence-electron chi connectivity index (χ2n) is 8.27. The predicted octanol–water partition coefficient (Wildman–Crippen LogP) is 5.77. The van der Waals surface area contributed by atoms with Crippen molar-refractivity contribution >= 4 is 43.3 Å². The summed E-state index contributed by atoms with van der Waals surface area (Å²) in [6.45, 7) is 0. The first-order valence-electron chi connectivity index (χ1n) is 10.5. The van der Waals surface area contributed by atoms with Crippen LogP contribution in [0.5, 0.6) is 0 Å². The van der Waals surface area contributed by atoms with Crippen LogP contribution < -0.4 is 10.0 Å². The first-order valence-corrected chi connectivity index (χ1v) is 12.8. The monoisotopic (exact) mass is 524 g/mol. The molecular formula is C25H21BrN2O4S. The van der Waals surface area contributed by atoms with E-state index in [1.165, 1.54) is 29.8 Å². The molecule has 0 unspecified atom stereocenters. The summed E-state index contributed by atoms with van der Waals surface area (Å²) in [7, 11) is -3.84. The second kappa shape index (κ2) is 8.35. The number of benzene rings is 3. The van der Waals surface area contributed by atoms with E-state index < -0.39 is 16.0 Å². The molecular weight excluding hydrogens is 504 g/mol. The Balaban J connectivity index is 1.45. The highest BCUT2D eigenvalue weighted by Gasteiger charge is 2.38. The third-order valence-electron chi connectivity index (χ3n) is 6.24. The van der Waals surface area contributed by atoms with Crippen LogP contribution in [0.4, 0.5) is 11.4 Å². The molecule has 33 heavy (non-hydrogen) atoms. The molecule has 0 aromatic heterocycles. The fourth-order valence-corrected chi connectivity index (χ4v) is 6.18. The van der Waals surface area contributed by atoms with Gasteiger partial charge in [0, 0.05) is 21.8 Å². The molecule has 6 nitrogen and oxygen atoms in total. The SMILES string of the molecule is O=C(O)c1ccc(NS(=O)(=O)c2ccc3c(c2)[C@H]2C=CC[C@H]2[C@@H](c2cccc(Br)c2)N3)cc1. The molecule has 0 spiro atoms. The number of allylic oxidation sites excluding steroid dienone is 2. The fraction of sp³-hybridized carbons (Fsp3) is 0.160. The lowest BCUT2D eigenvalue weighted by Crippen LogP contribution is -2.29. The van der Waals surface area contributed by atoms with Gasteiger partial charge in [0.25, 0.3) is 10.0 Å². The summed E-state index contributed by atoms with van der Waals surface area (Å²) in [5.41, 5.74) is 3.49. The van der Waals surface area contributed by atoms with Crippen LogP contribution >= 0.6 is 15.9 Å². The standard InChI is InChI=1S/C25H21BrN2O4S/c26-17-4-1-3-16(13-17)24-21-6-2-5-20(21)22-14-19(11-12-23(22)27-24)33(31,32)28-18-9-7-15(8-10-18)25(29)30/h1-5,7-14,20-21,24,27-28H,6H2,(H,29,30)/t20-,21+,24+/m0/s1. The summed E-state index contributed by atoms with van der Waals surface area (Å²) in [5.74, 6) is -0.650. The maximum absolute atomic E-state index is 13.1. The molecule has 1 aliphatic carbocycles. The molecule has 3 aromatic rings. The number of carbonyl (C=O) groups is 1. The first kappa shape index (κ1) is 21.7. The lowest BCUT2D eigenvalue weighted by Gasteiger charge is -2.37.